The Bertz CT molecular complexity index is 266. The van der Waals surface area contributed by atoms with Crippen molar-refractivity contribution in [1.29, 1.82) is 0 Å². The molecular formula is C11H13N. The van der Waals surface area contributed by atoms with Crippen LogP contribution in [-0.4, -0.2) is 6.04 Å². The lowest BCUT2D eigenvalue weighted by atomic mass is 10.1. The summed E-state index contributed by atoms with van der Waals surface area (Å²) in [5.41, 5.74) is 1.39. The molecule has 0 unspecified atom stereocenters. The fourth-order valence-corrected chi connectivity index (χ4v) is 1.55. The van der Waals surface area contributed by atoms with Crippen molar-refractivity contribution in [1.82, 2.24) is 5.32 Å². The Morgan fingerprint density at radius 1 is 1.33 bits per heavy atom. The Morgan fingerprint density at radius 2 is 2.08 bits per heavy atom. The molecule has 0 spiro atoms. The van der Waals surface area contributed by atoms with Crippen LogP contribution in [-0.2, 0) is 0 Å². The molecule has 1 aromatic carbocycles. The molecule has 0 bridgehead atoms. The summed E-state index contributed by atoms with van der Waals surface area (Å²) in [6, 6.07) is 11.8. The summed E-state index contributed by atoms with van der Waals surface area (Å²) < 4.78 is 0. The van der Waals surface area contributed by atoms with E-state index < -0.39 is 0 Å². The number of nitrogens with one attached hydrogen (secondary N) is 1. The van der Waals surface area contributed by atoms with Crippen LogP contribution in [0.1, 0.15) is 18.0 Å². The van der Waals surface area contributed by atoms with Crippen LogP contribution in [0.25, 0.3) is 0 Å². The van der Waals surface area contributed by atoms with Gasteiger partial charge in [0, 0.05) is 12.1 Å². The molecule has 1 aliphatic rings. The molecule has 0 aliphatic carbocycles. The summed E-state index contributed by atoms with van der Waals surface area (Å²) >= 11 is 0. The van der Waals surface area contributed by atoms with Gasteiger partial charge in [0.25, 0.3) is 0 Å². The Morgan fingerprint density at radius 3 is 2.75 bits per heavy atom. The molecule has 0 saturated carbocycles. The van der Waals surface area contributed by atoms with Crippen LogP contribution in [0.2, 0.25) is 0 Å². The molecule has 2 rings (SSSR count). The molecule has 1 N–H and O–H groups in total. The van der Waals surface area contributed by atoms with Crippen LogP contribution in [0.15, 0.2) is 43.0 Å². The van der Waals surface area contributed by atoms with Gasteiger partial charge in [-0.2, -0.15) is 0 Å². The van der Waals surface area contributed by atoms with Crippen LogP contribution in [0.4, 0.5) is 0 Å². The monoisotopic (exact) mass is 159 g/mol. The largest absolute Gasteiger partial charge is 0.304 e. The van der Waals surface area contributed by atoms with Gasteiger partial charge in [-0.05, 0) is 12.0 Å². The summed E-state index contributed by atoms with van der Waals surface area (Å²) in [6.45, 7) is 3.73. The summed E-state index contributed by atoms with van der Waals surface area (Å²) in [7, 11) is 0. The average Bonchev–Trinajstić information content (AvgIpc) is 2.87. The van der Waals surface area contributed by atoms with Crippen LogP contribution in [0.5, 0.6) is 0 Å². The molecule has 0 aromatic heterocycles. The third-order valence-corrected chi connectivity index (χ3v) is 2.27. The number of benzene rings is 1. The summed E-state index contributed by atoms with van der Waals surface area (Å²) in [5, 5.41) is 3.41. The molecule has 62 valence electrons. The fraction of sp³-hybridized carbons (Fsp3) is 0.273. The first-order valence-electron chi connectivity index (χ1n) is 4.33. The summed E-state index contributed by atoms with van der Waals surface area (Å²) in [6.07, 6.45) is 3.04. The van der Waals surface area contributed by atoms with E-state index in [1.165, 1.54) is 5.56 Å². The van der Waals surface area contributed by atoms with Crippen molar-refractivity contribution < 1.29 is 0 Å². The fourth-order valence-electron chi connectivity index (χ4n) is 1.55. The second kappa shape index (κ2) is 3.11. The van der Waals surface area contributed by atoms with Gasteiger partial charge in [-0.15, -0.1) is 6.58 Å². The normalized spacial score (nSPS) is 26.7. The molecule has 1 heteroatoms. The van der Waals surface area contributed by atoms with Gasteiger partial charge in [-0.3, -0.25) is 0 Å². The quantitative estimate of drug-likeness (QED) is 0.530. The van der Waals surface area contributed by atoms with E-state index >= 15 is 0 Å². The third kappa shape index (κ3) is 1.41. The smallest absolute Gasteiger partial charge is 0.0482 e. The lowest BCUT2D eigenvalue weighted by molar-refractivity contribution is 0.937. The zero-order chi connectivity index (χ0) is 8.39. The lowest BCUT2D eigenvalue weighted by Gasteiger charge is -1.94. The first-order chi connectivity index (χ1) is 5.92. The molecule has 1 heterocycles. The highest BCUT2D eigenvalue weighted by molar-refractivity contribution is 5.26. The highest BCUT2D eigenvalue weighted by Gasteiger charge is 2.35. The molecule has 2 atom stereocenters. The SMILES string of the molecule is C=CC[C@H]1N[C@@H]1c1ccccc1. The Labute approximate surface area is 73.1 Å². The van der Waals surface area contributed by atoms with E-state index in [9.17, 15) is 0 Å². The molecule has 0 amide bonds. The minimum absolute atomic E-state index is 0.573. The Hall–Kier alpha value is -1.08. The van der Waals surface area contributed by atoms with Crippen molar-refractivity contribution in [3.8, 4) is 0 Å². The topological polar surface area (TPSA) is 21.9 Å². The molecule has 1 saturated heterocycles. The van der Waals surface area contributed by atoms with Gasteiger partial charge in [0.15, 0.2) is 0 Å². The van der Waals surface area contributed by atoms with E-state index in [0.717, 1.165) is 6.42 Å². The van der Waals surface area contributed by atoms with Crippen molar-refractivity contribution in [3.63, 3.8) is 0 Å². The van der Waals surface area contributed by atoms with Crippen LogP contribution in [0.3, 0.4) is 0 Å². The zero-order valence-corrected chi connectivity index (χ0v) is 7.03. The van der Waals surface area contributed by atoms with Gasteiger partial charge in [-0.25, -0.2) is 0 Å². The van der Waals surface area contributed by atoms with Crippen molar-refractivity contribution in [2.24, 2.45) is 0 Å². The second-order valence-electron chi connectivity index (χ2n) is 3.19. The highest BCUT2D eigenvalue weighted by Crippen LogP contribution is 2.31. The molecule has 1 nitrogen and oxygen atoms in total. The molecule has 1 aromatic rings. The van der Waals surface area contributed by atoms with Gasteiger partial charge in [0.05, 0.1) is 0 Å². The predicted molar refractivity (Wildman–Crippen MR) is 50.9 cm³/mol. The molecule has 12 heavy (non-hydrogen) atoms. The van der Waals surface area contributed by atoms with E-state index in [2.05, 4.69) is 36.2 Å². The molecular weight excluding hydrogens is 146 g/mol. The average molecular weight is 159 g/mol. The first-order valence-corrected chi connectivity index (χ1v) is 4.33. The molecule has 0 radical (unpaired) electrons. The van der Waals surface area contributed by atoms with Crippen LogP contribution < -0.4 is 5.32 Å². The van der Waals surface area contributed by atoms with Crippen molar-refractivity contribution >= 4 is 0 Å². The maximum atomic E-state index is 3.73. The van der Waals surface area contributed by atoms with E-state index in [-0.39, 0.29) is 0 Å². The van der Waals surface area contributed by atoms with Gasteiger partial charge in [-0.1, -0.05) is 36.4 Å². The summed E-state index contributed by atoms with van der Waals surface area (Å²) in [5.74, 6) is 0. The van der Waals surface area contributed by atoms with Crippen molar-refractivity contribution in [2.45, 2.75) is 18.5 Å². The van der Waals surface area contributed by atoms with Gasteiger partial charge in [0.2, 0.25) is 0 Å². The molecule has 1 fully saturated rings. The van der Waals surface area contributed by atoms with E-state index in [0.29, 0.717) is 12.1 Å². The Kier molecular flexibility index (Phi) is 1.96. The number of hydrogen-bond donors (Lipinski definition) is 1. The van der Waals surface area contributed by atoms with Gasteiger partial charge >= 0.3 is 0 Å². The second-order valence-corrected chi connectivity index (χ2v) is 3.19. The minimum Gasteiger partial charge on any atom is -0.304 e. The number of rotatable bonds is 3. The minimum atomic E-state index is 0.573. The maximum absolute atomic E-state index is 3.73. The van der Waals surface area contributed by atoms with Crippen molar-refractivity contribution in [2.75, 3.05) is 0 Å². The molecule has 1 aliphatic heterocycles. The Balaban J connectivity index is 2.01. The first kappa shape index (κ1) is 7.56. The van der Waals surface area contributed by atoms with Crippen molar-refractivity contribution in [3.05, 3.63) is 48.6 Å². The maximum Gasteiger partial charge on any atom is 0.0482 e. The van der Waals surface area contributed by atoms with Gasteiger partial charge < -0.3 is 5.32 Å². The number of hydrogen-bond acceptors (Lipinski definition) is 1. The van der Waals surface area contributed by atoms with E-state index in [1.54, 1.807) is 0 Å². The summed E-state index contributed by atoms with van der Waals surface area (Å²) in [4.78, 5) is 0. The van der Waals surface area contributed by atoms with E-state index in [4.69, 9.17) is 0 Å². The van der Waals surface area contributed by atoms with Crippen LogP contribution in [0, 0.1) is 0 Å². The van der Waals surface area contributed by atoms with Gasteiger partial charge in [0.1, 0.15) is 0 Å². The van der Waals surface area contributed by atoms with E-state index in [1.807, 2.05) is 12.1 Å². The third-order valence-electron chi connectivity index (χ3n) is 2.27. The lowest BCUT2D eigenvalue weighted by Crippen LogP contribution is -1.85. The van der Waals surface area contributed by atoms with Crippen LogP contribution >= 0.6 is 0 Å². The predicted octanol–water partition coefficient (Wildman–Crippen LogP) is 2.28. The highest BCUT2D eigenvalue weighted by atomic mass is 15.1. The standard InChI is InChI=1S/C11H13N/c1-2-6-10-11(12-10)9-7-4-3-5-8-9/h2-5,7-8,10-12H,1,6H2/t10-,11-/m1/s1. The zero-order valence-electron chi connectivity index (χ0n) is 7.03.